The maximum Gasteiger partial charge on any atom is 0.255 e. The molecule has 3 heterocycles. The number of hydrogen-bond acceptors (Lipinski definition) is 10. The van der Waals surface area contributed by atoms with Crippen molar-refractivity contribution in [2.75, 3.05) is 9.80 Å². The smallest absolute Gasteiger partial charge is 0.255 e. The van der Waals surface area contributed by atoms with Gasteiger partial charge in [0.1, 0.15) is 4.75 Å². The average Bonchev–Trinajstić information content (AvgIpc) is 1.49. The van der Waals surface area contributed by atoms with Crippen LogP contribution in [-0.4, -0.2) is 54.7 Å². The van der Waals surface area contributed by atoms with Crippen molar-refractivity contribution >= 4 is 91.4 Å². The quantitative estimate of drug-likeness (QED) is 0.0735. The fourth-order valence-corrected chi connectivity index (χ4v) is 19.2. The Morgan fingerprint density at radius 2 is 0.698 bits per heavy atom. The third-order valence-electron chi connectivity index (χ3n) is 18.8. The lowest BCUT2D eigenvalue weighted by Gasteiger charge is -2.44. The average molecular weight is 1170 g/mol. The molecule has 9 unspecified atom stereocenters. The topological polar surface area (TPSA) is 151 Å². The standard InChI is InChI=1S/C35H27NO4S.C35H27NO3S.C3H6O2/c1-33-27(23-15-7-3-8-16-23)28(24-17-9-4-10-18-24)34(2,31(33)38)35(41(40)26-21-13-6-14-22-26)29(33)30(37)36(32(35)39)25-19-11-5-12-20-25;1-33-27(23-15-7-3-8-16-23)28(24-17-9-4-10-18-24)34(2,31(33)38)35(40-26-21-13-6-14-22-26)29(33)30(37)36(32(35)39)25-19-11-5-12-20-25;1-3(2)4-5-3/h3-22,29H,1-2H3;3-22,29H,1-2H3;1-2H3. The summed E-state index contributed by atoms with van der Waals surface area (Å²) in [6.45, 7) is 11.0. The lowest BCUT2D eigenvalue weighted by atomic mass is 9.62. The van der Waals surface area contributed by atoms with Crippen LogP contribution in [0.5, 0.6) is 0 Å². The highest BCUT2D eigenvalue weighted by atomic mass is 32.2. The van der Waals surface area contributed by atoms with Crippen molar-refractivity contribution in [2.45, 2.75) is 66.6 Å². The van der Waals surface area contributed by atoms with E-state index in [0.717, 1.165) is 43.9 Å². The third-order valence-corrected chi connectivity index (χ3v) is 22.5. The second-order valence-corrected chi connectivity index (χ2v) is 26.8. The highest BCUT2D eigenvalue weighted by molar-refractivity contribution is 8.01. The molecular weight excluding hydrogens is 1110 g/mol. The zero-order valence-electron chi connectivity index (χ0n) is 48.1. The summed E-state index contributed by atoms with van der Waals surface area (Å²) in [7, 11) is -2.05. The van der Waals surface area contributed by atoms with Gasteiger partial charge in [-0.1, -0.05) is 194 Å². The summed E-state index contributed by atoms with van der Waals surface area (Å²) >= 11 is 1.37. The molecule has 0 radical (unpaired) electrons. The number of benzene rings is 8. The number of nitrogens with zero attached hydrogens (tertiary/aromatic N) is 2. The molecule has 8 aromatic carbocycles. The zero-order chi connectivity index (χ0) is 60.2. The number of Topliss-reactive ketones (excluding diaryl/α,β-unsaturated/α-hetero) is 2. The van der Waals surface area contributed by atoms with E-state index < -0.39 is 65.6 Å². The van der Waals surface area contributed by atoms with Crippen molar-refractivity contribution < 1.29 is 42.8 Å². The van der Waals surface area contributed by atoms with Gasteiger partial charge in [-0.05, 0) is 135 Å². The Bertz CT molecular complexity index is 4170. The van der Waals surface area contributed by atoms with Crippen molar-refractivity contribution in [3.63, 3.8) is 0 Å². The van der Waals surface area contributed by atoms with Gasteiger partial charge in [0, 0.05) is 9.79 Å². The summed E-state index contributed by atoms with van der Waals surface area (Å²) in [4.78, 5) is 102. The second-order valence-electron chi connectivity index (χ2n) is 23.8. The van der Waals surface area contributed by atoms with Crippen LogP contribution < -0.4 is 9.80 Å². The van der Waals surface area contributed by atoms with Crippen molar-refractivity contribution in [3.05, 3.63) is 265 Å². The second kappa shape index (κ2) is 20.5. The summed E-state index contributed by atoms with van der Waals surface area (Å²) in [5, 5.41) is 0. The third kappa shape index (κ3) is 7.63. The van der Waals surface area contributed by atoms with Gasteiger partial charge in [0.25, 0.3) is 11.8 Å². The van der Waals surface area contributed by atoms with Crippen molar-refractivity contribution in [3.8, 4) is 0 Å². The van der Waals surface area contributed by atoms with Crippen LogP contribution in [0, 0.1) is 33.5 Å². The lowest BCUT2D eigenvalue weighted by Crippen LogP contribution is -2.58. The van der Waals surface area contributed by atoms with E-state index in [1.54, 1.807) is 74.5 Å². The van der Waals surface area contributed by atoms with E-state index in [-0.39, 0.29) is 29.2 Å². The number of para-hydroxylation sites is 2. The molecule has 13 heteroatoms. The Morgan fingerprint density at radius 3 is 1.10 bits per heavy atom. The predicted molar refractivity (Wildman–Crippen MR) is 334 cm³/mol. The van der Waals surface area contributed by atoms with Crippen LogP contribution in [0.4, 0.5) is 11.4 Å². The van der Waals surface area contributed by atoms with Gasteiger partial charge in [-0.3, -0.25) is 33.0 Å². The van der Waals surface area contributed by atoms with E-state index in [4.69, 9.17) is 0 Å². The van der Waals surface area contributed by atoms with Gasteiger partial charge in [-0.2, -0.15) is 9.78 Å². The number of rotatable bonds is 10. The lowest BCUT2D eigenvalue weighted by molar-refractivity contribution is -0.133. The molecule has 3 aliphatic heterocycles. The van der Waals surface area contributed by atoms with E-state index in [1.807, 2.05) is 210 Å². The molecule has 4 amide bonds. The van der Waals surface area contributed by atoms with E-state index >= 15 is 4.21 Å². The number of allylic oxidation sites excluding steroid dienone is 4. The summed E-state index contributed by atoms with van der Waals surface area (Å²) < 4.78 is 11.8. The van der Waals surface area contributed by atoms with Crippen LogP contribution in [0.25, 0.3) is 22.3 Å². The van der Waals surface area contributed by atoms with Crippen LogP contribution in [0.2, 0.25) is 0 Å². The highest BCUT2D eigenvalue weighted by Gasteiger charge is 2.89. The Morgan fingerprint density at radius 1 is 0.384 bits per heavy atom. The first-order valence-electron chi connectivity index (χ1n) is 28.6. The molecule has 0 N–H and O–H groups in total. The summed E-state index contributed by atoms with van der Waals surface area (Å²) in [5.41, 5.74) is 1.93. The number of fused-ring (bicyclic) bond motifs is 10. The number of imide groups is 2. The van der Waals surface area contributed by atoms with E-state index in [1.165, 1.54) is 21.6 Å². The van der Waals surface area contributed by atoms with Crippen LogP contribution >= 0.6 is 11.8 Å². The van der Waals surface area contributed by atoms with Crippen LogP contribution in [-0.2, 0) is 49.3 Å². The molecule has 0 spiro atoms. The Labute approximate surface area is 506 Å². The molecule has 9 atom stereocenters. The van der Waals surface area contributed by atoms with Crippen molar-refractivity contribution in [1.29, 1.82) is 0 Å². The molecule has 15 rings (SSSR count). The normalized spacial score (nSPS) is 29.1. The molecule has 4 aliphatic carbocycles. The van der Waals surface area contributed by atoms with Gasteiger partial charge >= 0.3 is 0 Å². The molecule has 7 aliphatic rings. The largest absolute Gasteiger partial charge is 0.298 e. The number of anilines is 2. The number of thioether (sulfide) groups is 1. The van der Waals surface area contributed by atoms with Crippen molar-refractivity contribution in [1.82, 2.24) is 0 Å². The Kier molecular flexibility index (Phi) is 13.4. The summed E-state index contributed by atoms with van der Waals surface area (Å²) in [5.74, 6) is -4.34. The molecule has 4 bridgehead atoms. The van der Waals surface area contributed by atoms with Crippen molar-refractivity contribution in [2.24, 2.45) is 33.5 Å². The monoisotopic (exact) mass is 1170 g/mol. The number of ketones is 2. The number of carbonyl (C=O) groups excluding carboxylic acids is 6. The van der Waals surface area contributed by atoms with E-state index in [9.17, 15) is 28.8 Å². The SMILES string of the molecule is CC1(C)OO1.CC12C(=O)C(C)(C(c3ccccc3)=C1c1ccccc1)C1(S(=O)c3ccccc3)C(=O)N(c3ccccc3)C(=O)C21.CC12C(=O)C(C)(C(c3ccccc3)=C1c1ccccc1)C1(Sc3ccccc3)C(=O)N(c3ccccc3)C(=O)C21. The van der Waals surface area contributed by atoms with Crippen LogP contribution in [0.1, 0.15) is 63.8 Å². The summed E-state index contributed by atoms with van der Waals surface area (Å²) in [6, 6.07) is 75.1. The predicted octanol–water partition coefficient (Wildman–Crippen LogP) is 13.6. The maximum absolute atomic E-state index is 15.0. The summed E-state index contributed by atoms with van der Waals surface area (Å²) in [6.07, 6.45) is 0. The minimum absolute atomic E-state index is 0.0689. The first-order valence-corrected chi connectivity index (χ1v) is 30.6. The molecule has 86 heavy (non-hydrogen) atoms. The fraction of sp³-hybridized carbons (Fsp3) is 0.205. The van der Waals surface area contributed by atoms with Crippen LogP contribution in [0.15, 0.2) is 252 Å². The van der Waals surface area contributed by atoms with Gasteiger partial charge < -0.3 is 0 Å². The Balaban J connectivity index is 0.000000147. The molecular formula is C73H60N2O9S2. The molecule has 2 saturated carbocycles. The van der Waals surface area contributed by atoms with Crippen LogP contribution in [0.3, 0.4) is 0 Å². The molecule has 3 saturated heterocycles. The number of carbonyl (C=O) groups is 6. The minimum atomic E-state index is -2.05. The maximum atomic E-state index is 15.0. The first kappa shape index (κ1) is 56.4. The van der Waals surface area contributed by atoms with Gasteiger partial charge in [-0.25, -0.2) is 9.80 Å². The van der Waals surface area contributed by atoms with Gasteiger partial charge in [0.05, 0.1) is 55.7 Å². The van der Waals surface area contributed by atoms with Gasteiger partial charge in [0.2, 0.25) is 17.6 Å². The molecule has 8 aromatic rings. The molecule has 11 nitrogen and oxygen atoms in total. The highest BCUT2D eigenvalue weighted by Crippen LogP contribution is 2.80. The molecule has 5 fully saturated rings. The Hall–Kier alpha value is -8.72. The number of amides is 4. The van der Waals surface area contributed by atoms with E-state index in [2.05, 4.69) is 9.78 Å². The zero-order valence-corrected chi connectivity index (χ0v) is 49.8. The fourth-order valence-electron chi connectivity index (χ4n) is 15.3. The minimum Gasteiger partial charge on any atom is -0.298 e. The molecule has 428 valence electrons. The van der Waals surface area contributed by atoms with E-state index in [0.29, 0.717) is 21.8 Å². The number of hydrogen-bond donors (Lipinski definition) is 0. The van der Waals surface area contributed by atoms with Gasteiger partial charge in [0.15, 0.2) is 16.3 Å². The molecule has 0 aromatic heterocycles. The first-order chi connectivity index (χ1) is 41.4. The van der Waals surface area contributed by atoms with Gasteiger partial charge in [-0.15, -0.1) is 11.8 Å².